The number of hydrogen-bond acceptors (Lipinski definition) is 7. The predicted octanol–water partition coefficient (Wildman–Crippen LogP) is 5.53. The zero-order valence-electron chi connectivity index (χ0n) is 21.5. The van der Waals surface area contributed by atoms with Crippen molar-refractivity contribution >= 4 is 35.2 Å². The van der Waals surface area contributed by atoms with Gasteiger partial charge in [0.15, 0.2) is 0 Å². The van der Waals surface area contributed by atoms with Crippen molar-refractivity contribution in [3.63, 3.8) is 0 Å². The molecule has 3 aromatic rings. The lowest BCUT2D eigenvalue weighted by atomic mass is 9.97. The van der Waals surface area contributed by atoms with Crippen LogP contribution < -0.4 is 10.6 Å². The Kier molecular flexibility index (Phi) is 8.41. The molecule has 0 spiro atoms. The van der Waals surface area contributed by atoms with Crippen molar-refractivity contribution in [2.45, 2.75) is 45.8 Å². The van der Waals surface area contributed by atoms with Crippen molar-refractivity contribution in [1.82, 2.24) is 19.9 Å². The summed E-state index contributed by atoms with van der Waals surface area (Å²) in [6.45, 7) is 6.47. The summed E-state index contributed by atoms with van der Waals surface area (Å²) in [6.07, 6.45) is 5.42. The van der Waals surface area contributed by atoms with Gasteiger partial charge in [0, 0.05) is 37.0 Å². The highest BCUT2D eigenvalue weighted by molar-refractivity contribution is 6.33. The molecule has 1 fully saturated rings. The highest BCUT2D eigenvalue weighted by Crippen LogP contribution is 2.29. The molecule has 1 atom stereocenters. The van der Waals surface area contributed by atoms with Gasteiger partial charge in [-0.3, -0.25) is 9.78 Å². The molecule has 38 heavy (non-hydrogen) atoms. The summed E-state index contributed by atoms with van der Waals surface area (Å²) in [5.41, 5.74) is 0.876. The molecular formula is C27H30ClFN6O3. The van der Waals surface area contributed by atoms with Crippen LogP contribution in [0.3, 0.4) is 0 Å². The van der Waals surface area contributed by atoms with Crippen molar-refractivity contribution in [1.29, 1.82) is 0 Å². The van der Waals surface area contributed by atoms with Crippen LogP contribution in [0.2, 0.25) is 5.02 Å². The number of rotatable bonds is 6. The Morgan fingerprint density at radius 2 is 1.97 bits per heavy atom. The van der Waals surface area contributed by atoms with Gasteiger partial charge in [-0.25, -0.2) is 19.2 Å². The van der Waals surface area contributed by atoms with Crippen LogP contribution in [-0.2, 0) is 16.1 Å². The predicted molar refractivity (Wildman–Crippen MR) is 143 cm³/mol. The molecule has 3 heterocycles. The third-order valence-electron chi connectivity index (χ3n) is 5.88. The number of likely N-dealkylation sites (tertiary alicyclic amines) is 1. The first kappa shape index (κ1) is 27.3. The topological polar surface area (TPSA) is 109 Å². The van der Waals surface area contributed by atoms with Crippen LogP contribution in [0.4, 0.5) is 20.8 Å². The Labute approximate surface area is 225 Å². The Bertz CT molecular complexity index is 1320. The van der Waals surface area contributed by atoms with E-state index in [1.165, 1.54) is 18.5 Å². The van der Waals surface area contributed by atoms with Gasteiger partial charge >= 0.3 is 6.09 Å². The second-order valence-corrected chi connectivity index (χ2v) is 10.4. The standard InChI is InChI=1S/C27H30ClFN6O3/c1-27(2,3)38-26(37)35-10-6-8-18(16-35)25(36)34-23-11-19(20(28)13-32-23)22-14-30-15-24(33-22)31-12-17-7-4-5-9-21(17)29/h4-5,7,9,11,13-15,18H,6,8,10,12,16H2,1-3H3,(H,31,33)(H,32,34,36)/t18-/m1/s1. The van der Waals surface area contributed by atoms with Crippen LogP contribution in [0.25, 0.3) is 11.3 Å². The first-order chi connectivity index (χ1) is 18.1. The van der Waals surface area contributed by atoms with E-state index in [2.05, 4.69) is 25.6 Å². The largest absolute Gasteiger partial charge is 0.444 e. The molecule has 1 saturated heterocycles. The molecule has 2 amide bonds. The van der Waals surface area contributed by atoms with Gasteiger partial charge in [0.1, 0.15) is 23.1 Å². The maximum atomic E-state index is 13.9. The Balaban J connectivity index is 1.43. The van der Waals surface area contributed by atoms with E-state index in [1.54, 1.807) is 35.4 Å². The molecule has 0 unspecified atom stereocenters. The third kappa shape index (κ3) is 7.16. The number of halogens is 2. The minimum absolute atomic E-state index is 0.234. The van der Waals surface area contributed by atoms with Crippen LogP contribution in [0, 0.1) is 11.7 Å². The molecule has 1 aromatic carbocycles. The maximum absolute atomic E-state index is 13.9. The highest BCUT2D eigenvalue weighted by Gasteiger charge is 2.31. The molecule has 0 aliphatic carbocycles. The summed E-state index contributed by atoms with van der Waals surface area (Å²) >= 11 is 6.40. The number of carbonyl (C=O) groups is 2. The number of piperidine rings is 1. The van der Waals surface area contributed by atoms with Crippen molar-refractivity contribution in [2.24, 2.45) is 5.92 Å². The Morgan fingerprint density at radius 3 is 2.74 bits per heavy atom. The highest BCUT2D eigenvalue weighted by atomic mass is 35.5. The van der Waals surface area contributed by atoms with E-state index in [1.807, 2.05) is 20.8 Å². The fourth-order valence-corrected chi connectivity index (χ4v) is 4.22. The number of amides is 2. The molecule has 0 saturated carbocycles. The van der Waals surface area contributed by atoms with Crippen molar-refractivity contribution in [3.8, 4) is 11.3 Å². The summed E-state index contributed by atoms with van der Waals surface area (Å²) in [4.78, 5) is 40.0. The van der Waals surface area contributed by atoms with E-state index in [0.717, 1.165) is 0 Å². The lowest BCUT2D eigenvalue weighted by Gasteiger charge is -2.33. The van der Waals surface area contributed by atoms with E-state index >= 15 is 0 Å². The van der Waals surface area contributed by atoms with E-state index in [9.17, 15) is 14.0 Å². The molecule has 1 aliphatic rings. The third-order valence-corrected chi connectivity index (χ3v) is 6.18. The van der Waals surface area contributed by atoms with Crippen LogP contribution in [-0.4, -0.2) is 50.5 Å². The van der Waals surface area contributed by atoms with Gasteiger partial charge < -0.3 is 20.3 Å². The van der Waals surface area contributed by atoms with Crippen molar-refractivity contribution in [2.75, 3.05) is 23.7 Å². The zero-order valence-corrected chi connectivity index (χ0v) is 22.3. The minimum atomic E-state index is -0.608. The summed E-state index contributed by atoms with van der Waals surface area (Å²) < 4.78 is 19.4. The lowest BCUT2D eigenvalue weighted by molar-refractivity contribution is -0.121. The molecular weight excluding hydrogens is 511 g/mol. The fourth-order valence-electron chi connectivity index (χ4n) is 4.02. The molecule has 0 bridgehead atoms. The molecule has 200 valence electrons. The van der Waals surface area contributed by atoms with E-state index in [-0.39, 0.29) is 24.8 Å². The molecule has 11 heteroatoms. The normalized spacial score (nSPS) is 15.6. The number of ether oxygens (including phenoxy) is 1. The SMILES string of the molecule is CC(C)(C)OC(=O)N1CCC[C@@H](C(=O)Nc2cc(-c3cncc(NCc4ccccc4F)n3)c(Cl)cn2)C1. The number of nitrogens with one attached hydrogen (secondary N) is 2. The molecule has 2 aromatic heterocycles. The van der Waals surface area contributed by atoms with Gasteiger partial charge in [-0.05, 0) is 45.7 Å². The molecule has 4 rings (SSSR count). The van der Waals surface area contributed by atoms with E-state index in [0.29, 0.717) is 52.9 Å². The smallest absolute Gasteiger partial charge is 0.410 e. The summed E-state index contributed by atoms with van der Waals surface area (Å²) in [5, 5.41) is 6.23. The van der Waals surface area contributed by atoms with Crippen LogP contribution in [0.5, 0.6) is 0 Å². The van der Waals surface area contributed by atoms with Crippen molar-refractivity contribution in [3.05, 3.63) is 65.3 Å². The Morgan fingerprint density at radius 1 is 1.18 bits per heavy atom. The molecule has 1 aliphatic heterocycles. The van der Waals surface area contributed by atoms with Gasteiger partial charge in [-0.2, -0.15) is 0 Å². The fraction of sp³-hybridized carbons (Fsp3) is 0.370. The van der Waals surface area contributed by atoms with E-state index < -0.39 is 17.6 Å². The van der Waals surface area contributed by atoms with Gasteiger partial charge in [-0.1, -0.05) is 29.8 Å². The van der Waals surface area contributed by atoms with Gasteiger partial charge in [0.2, 0.25) is 5.91 Å². The second-order valence-electron chi connectivity index (χ2n) is 10.0. The number of aromatic nitrogens is 3. The maximum Gasteiger partial charge on any atom is 0.410 e. The van der Waals surface area contributed by atoms with E-state index in [4.69, 9.17) is 16.3 Å². The number of pyridine rings is 1. The number of anilines is 2. The van der Waals surface area contributed by atoms with Crippen LogP contribution in [0.15, 0.2) is 48.9 Å². The van der Waals surface area contributed by atoms with Crippen LogP contribution in [0.1, 0.15) is 39.2 Å². The van der Waals surface area contributed by atoms with Gasteiger partial charge in [0.25, 0.3) is 0 Å². The van der Waals surface area contributed by atoms with Crippen molar-refractivity contribution < 1.29 is 18.7 Å². The number of hydrogen-bond donors (Lipinski definition) is 2. The quantitative estimate of drug-likeness (QED) is 0.423. The summed E-state index contributed by atoms with van der Waals surface area (Å²) in [5.74, 6) is -0.217. The minimum Gasteiger partial charge on any atom is -0.444 e. The molecule has 0 radical (unpaired) electrons. The second kappa shape index (κ2) is 11.7. The van der Waals surface area contributed by atoms with Crippen LogP contribution >= 0.6 is 11.6 Å². The number of nitrogens with zero attached hydrogens (tertiary/aromatic N) is 4. The Hall–Kier alpha value is -3.79. The lowest BCUT2D eigenvalue weighted by Crippen LogP contribution is -2.45. The summed E-state index contributed by atoms with van der Waals surface area (Å²) in [6, 6.07) is 8.10. The first-order valence-corrected chi connectivity index (χ1v) is 12.7. The number of benzene rings is 1. The number of carbonyl (C=O) groups excluding carboxylic acids is 2. The first-order valence-electron chi connectivity index (χ1n) is 12.3. The monoisotopic (exact) mass is 540 g/mol. The average molecular weight is 541 g/mol. The average Bonchev–Trinajstić information content (AvgIpc) is 2.88. The molecule has 2 N–H and O–H groups in total. The summed E-state index contributed by atoms with van der Waals surface area (Å²) in [7, 11) is 0. The van der Waals surface area contributed by atoms with Gasteiger partial charge in [0.05, 0.1) is 29.0 Å². The zero-order chi connectivity index (χ0) is 27.3. The molecule has 9 nitrogen and oxygen atoms in total. The van der Waals surface area contributed by atoms with Gasteiger partial charge in [-0.15, -0.1) is 0 Å².